The largest absolute Gasteiger partial charge is 0.276 e. The zero-order valence-electron chi connectivity index (χ0n) is 15.6. The van der Waals surface area contributed by atoms with Gasteiger partial charge in [-0.15, -0.1) is 10.2 Å². The third kappa shape index (κ3) is 3.54. The van der Waals surface area contributed by atoms with Gasteiger partial charge in [0.1, 0.15) is 5.82 Å². The molecule has 144 valence electrons. The summed E-state index contributed by atoms with van der Waals surface area (Å²) >= 11 is 1.48. The second-order valence-corrected chi connectivity index (χ2v) is 7.66. The van der Waals surface area contributed by atoms with Crippen LogP contribution in [-0.4, -0.2) is 19.2 Å². The average Bonchev–Trinajstić information content (AvgIpc) is 3.13. The summed E-state index contributed by atoms with van der Waals surface area (Å²) in [6.07, 6.45) is 3.06. The van der Waals surface area contributed by atoms with Crippen LogP contribution in [0.25, 0.3) is 16.7 Å². The van der Waals surface area contributed by atoms with Gasteiger partial charge in [0.05, 0.1) is 10.9 Å². The van der Waals surface area contributed by atoms with Gasteiger partial charge in [-0.25, -0.2) is 4.39 Å². The van der Waals surface area contributed by atoms with Crippen molar-refractivity contribution in [3.63, 3.8) is 0 Å². The summed E-state index contributed by atoms with van der Waals surface area (Å²) < 4.78 is 17.1. The summed E-state index contributed by atoms with van der Waals surface area (Å²) in [5.74, 6) is 0.878. The first kappa shape index (κ1) is 18.7. The van der Waals surface area contributed by atoms with Crippen LogP contribution in [0.2, 0.25) is 0 Å². The Morgan fingerprint density at radius 2 is 1.93 bits per heavy atom. The van der Waals surface area contributed by atoms with Crippen molar-refractivity contribution in [2.24, 2.45) is 0 Å². The molecule has 0 spiro atoms. The molecule has 0 aliphatic carbocycles. The molecular weight excluding hydrogens is 375 g/mol. The Morgan fingerprint density at radius 3 is 2.75 bits per heavy atom. The molecule has 2 aromatic carbocycles. The van der Waals surface area contributed by atoms with Crippen molar-refractivity contribution in [1.29, 1.82) is 0 Å². The highest BCUT2D eigenvalue weighted by Crippen LogP contribution is 2.25. The first-order chi connectivity index (χ1) is 13.7. The SMILES string of the molecule is CCCCCn1c(=O)c2ccccc2n2c(SCc3cccc(F)c3)nnc12. The van der Waals surface area contributed by atoms with Crippen molar-refractivity contribution in [1.82, 2.24) is 19.2 Å². The monoisotopic (exact) mass is 396 g/mol. The molecule has 0 aliphatic rings. The molecule has 0 N–H and O–H groups in total. The van der Waals surface area contributed by atoms with E-state index in [2.05, 4.69) is 17.1 Å². The Kier molecular flexibility index (Phi) is 5.43. The first-order valence-electron chi connectivity index (χ1n) is 9.43. The van der Waals surface area contributed by atoms with Gasteiger partial charge in [-0.05, 0) is 36.2 Å². The van der Waals surface area contributed by atoms with E-state index < -0.39 is 0 Å². The fourth-order valence-corrected chi connectivity index (χ4v) is 4.21. The highest BCUT2D eigenvalue weighted by Gasteiger charge is 2.16. The predicted octanol–water partition coefficient (Wildman–Crippen LogP) is 4.67. The van der Waals surface area contributed by atoms with Gasteiger partial charge in [-0.3, -0.25) is 13.8 Å². The van der Waals surface area contributed by atoms with Crippen LogP contribution in [0.15, 0.2) is 58.5 Å². The number of benzene rings is 2. The Morgan fingerprint density at radius 1 is 1.07 bits per heavy atom. The molecule has 7 heteroatoms. The van der Waals surface area contributed by atoms with E-state index in [-0.39, 0.29) is 11.4 Å². The summed E-state index contributed by atoms with van der Waals surface area (Å²) in [7, 11) is 0. The Labute approximate surface area is 166 Å². The maximum atomic E-state index is 13.5. The fourth-order valence-electron chi connectivity index (χ4n) is 3.32. The van der Waals surface area contributed by atoms with Crippen LogP contribution in [0.1, 0.15) is 31.7 Å². The van der Waals surface area contributed by atoms with Gasteiger partial charge < -0.3 is 0 Å². The Hall–Kier alpha value is -2.67. The summed E-state index contributed by atoms with van der Waals surface area (Å²) in [5.41, 5.74) is 1.64. The Bertz CT molecular complexity index is 1180. The number of fused-ring (bicyclic) bond motifs is 3. The summed E-state index contributed by atoms with van der Waals surface area (Å²) in [4.78, 5) is 13.0. The van der Waals surface area contributed by atoms with Crippen molar-refractivity contribution in [2.45, 2.75) is 43.6 Å². The molecule has 0 unspecified atom stereocenters. The molecule has 0 atom stereocenters. The van der Waals surface area contributed by atoms with Crippen LogP contribution in [-0.2, 0) is 12.3 Å². The number of hydrogen-bond donors (Lipinski definition) is 0. The number of para-hydroxylation sites is 1. The van der Waals surface area contributed by atoms with Crippen molar-refractivity contribution >= 4 is 28.4 Å². The van der Waals surface area contributed by atoms with Crippen molar-refractivity contribution in [2.75, 3.05) is 0 Å². The maximum absolute atomic E-state index is 13.5. The molecule has 0 saturated heterocycles. The standard InChI is InChI=1S/C21H21FN4OS/c1-2-3-6-12-25-19(27)17-10-4-5-11-18(17)26-20(25)23-24-21(26)28-14-15-8-7-9-16(22)13-15/h4-5,7-11,13H,2-3,6,12,14H2,1H3. The van der Waals surface area contributed by atoms with E-state index in [1.807, 2.05) is 34.7 Å². The number of rotatable bonds is 7. The number of thioether (sulfide) groups is 1. The first-order valence-corrected chi connectivity index (χ1v) is 10.4. The topological polar surface area (TPSA) is 52.2 Å². The van der Waals surface area contributed by atoms with Gasteiger partial charge in [-0.1, -0.05) is 55.8 Å². The van der Waals surface area contributed by atoms with Crippen molar-refractivity contribution in [3.05, 3.63) is 70.3 Å². The minimum atomic E-state index is -0.251. The van der Waals surface area contributed by atoms with Crippen LogP contribution < -0.4 is 5.56 Å². The van der Waals surface area contributed by atoms with Crippen molar-refractivity contribution < 1.29 is 4.39 Å². The predicted molar refractivity (Wildman–Crippen MR) is 110 cm³/mol. The highest BCUT2D eigenvalue weighted by molar-refractivity contribution is 7.98. The van der Waals surface area contributed by atoms with E-state index in [1.165, 1.54) is 23.9 Å². The molecular formula is C21H21FN4OS. The number of halogens is 1. The van der Waals surface area contributed by atoms with Gasteiger partial charge in [0.15, 0.2) is 5.16 Å². The Balaban J connectivity index is 1.79. The van der Waals surface area contributed by atoms with Crippen molar-refractivity contribution in [3.8, 4) is 0 Å². The molecule has 5 nitrogen and oxygen atoms in total. The normalized spacial score (nSPS) is 11.5. The van der Waals surface area contributed by atoms with E-state index in [1.54, 1.807) is 10.6 Å². The number of hydrogen-bond acceptors (Lipinski definition) is 4. The molecule has 0 aliphatic heterocycles. The van der Waals surface area contributed by atoms with Crippen LogP contribution in [0.5, 0.6) is 0 Å². The third-order valence-corrected chi connectivity index (χ3v) is 5.72. The molecule has 0 fully saturated rings. The fraction of sp³-hybridized carbons (Fsp3) is 0.286. The summed E-state index contributed by atoms with van der Waals surface area (Å²) in [6, 6.07) is 14.1. The molecule has 4 aromatic rings. The number of aromatic nitrogens is 4. The summed E-state index contributed by atoms with van der Waals surface area (Å²) in [5, 5.41) is 10.0. The smallest absolute Gasteiger partial charge is 0.262 e. The lowest BCUT2D eigenvalue weighted by Gasteiger charge is -2.11. The molecule has 2 aromatic heterocycles. The van der Waals surface area contributed by atoms with E-state index >= 15 is 0 Å². The molecule has 4 rings (SSSR count). The number of unbranched alkanes of at least 4 members (excludes halogenated alkanes) is 2. The van der Waals surface area contributed by atoms with Crippen LogP contribution >= 0.6 is 11.8 Å². The molecule has 2 heterocycles. The van der Waals surface area contributed by atoms with E-state index in [4.69, 9.17) is 0 Å². The zero-order valence-corrected chi connectivity index (χ0v) is 16.5. The second-order valence-electron chi connectivity index (χ2n) is 6.72. The highest BCUT2D eigenvalue weighted by atomic mass is 32.2. The number of aryl methyl sites for hydroxylation is 1. The van der Waals surface area contributed by atoms with E-state index in [0.29, 0.717) is 28.6 Å². The van der Waals surface area contributed by atoms with Gasteiger partial charge in [-0.2, -0.15) is 0 Å². The van der Waals surface area contributed by atoms with Gasteiger partial charge in [0.25, 0.3) is 5.56 Å². The van der Waals surface area contributed by atoms with E-state index in [9.17, 15) is 9.18 Å². The van der Waals surface area contributed by atoms with Crippen LogP contribution in [0, 0.1) is 5.82 Å². The molecule has 28 heavy (non-hydrogen) atoms. The molecule has 0 radical (unpaired) electrons. The van der Waals surface area contributed by atoms with Gasteiger partial charge >= 0.3 is 0 Å². The lowest BCUT2D eigenvalue weighted by Crippen LogP contribution is -2.23. The number of nitrogens with zero attached hydrogens (tertiary/aromatic N) is 4. The van der Waals surface area contributed by atoms with Gasteiger partial charge in [0.2, 0.25) is 5.78 Å². The average molecular weight is 396 g/mol. The second kappa shape index (κ2) is 8.14. The minimum Gasteiger partial charge on any atom is -0.276 e. The molecule has 0 bridgehead atoms. The van der Waals surface area contributed by atoms with Crippen LogP contribution in [0.3, 0.4) is 0 Å². The lowest BCUT2D eigenvalue weighted by atomic mass is 10.2. The lowest BCUT2D eigenvalue weighted by molar-refractivity contribution is 0.594. The van der Waals surface area contributed by atoms with Gasteiger partial charge in [0, 0.05) is 12.3 Å². The van der Waals surface area contributed by atoms with E-state index in [0.717, 1.165) is 30.3 Å². The zero-order chi connectivity index (χ0) is 19.5. The third-order valence-electron chi connectivity index (χ3n) is 4.72. The minimum absolute atomic E-state index is 0.0340. The summed E-state index contributed by atoms with van der Waals surface area (Å²) in [6.45, 7) is 2.75. The van der Waals surface area contributed by atoms with Crippen LogP contribution in [0.4, 0.5) is 4.39 Å². The molecule has 0 saturated carbocycles. The quantitative estimate of drug-likeness (QED) is 0.337. The molecule has 0 amide bonds. The maximum Gasteiger partial charge on any atom is 0.262 e.